The Morgan fingerprint density at radius 3 is 2.62 bits per heavy atom. The zero-order chi connectivity index (χ0) is 9.84. The highest BCUT2D eigenvalue weighted by atomic mass is 15.2. The van der Waals surface area contributed by atoms with Gasteiger partial charge in [0, 0.05) is 25.7 Å². The van der Waals surface area contributed by atoms with Gasteiger partial charge in [-0.05, 0) is 19.3 Å². The van der Waals surface area contributed by atoms with Gasteiger partial charge in [-0.15, -0.1) is 0 Å². The van der Waals surface area contributed by atoms with Gasteiger partial charge in [-0.2, -0.15) is 0 Å². The molecule has 1 rings (SSSR count). The SMILES string of the molecule is CC1=CCN(C(CN)C(C)C)CC1. The Kier molecular flexibility index (Phi) is 3.94. The fourth-order valence-electron chi connectivity index (χ4n) is 1.93. The van der Waals surface area contributed by atoms with Crippen LogP contribution in [-0.2, 0) is 0 Å². The second-order valence-corrected chi connectivity index (χ2v) is 4.34. The minimum atomic E-state index is 0.560. The van der Waals surface area contributed by atoms with Crippen molar-refractivity contribution in [2.45, 2.75) is 33.2 Å². The first-order valence-corrected chi connectivity index (χ1v) is 5.25. The van der Waals surface area contributed by atoms with Crippen molar-refractivity contribution in [3.8, 4) is 0 Å². The quantitative estimate of drug-likeness (QED) is 0.672. The Balaban J connectivity index is 2.52. The standard InChI is InChI=1S/C11H22N2/c1-9(2)11(8-12)13-6-4-10(3)5-7-13/h4,9,11H,5-8,12H2,1-3H3. The number of hydrogen-bond acceptors (Lipinski definition) is 2. The fourth-order valence-corrected chi connectivity index (χ4v) is 1.93. The van der Waals surface area contributed by atoms with E-state index < -0.39 is 0 Å². The molecule has 0 aromatic rings. The van der Waals surface area contributed by atoms with E-state index in [1.165, 1.54) is 18.5 Å². The molecule has 1 heterocycles. The Morgan fingerprint density at radius 1 is 1.54 bits per heavy atom. The highest BCUT2D eigenvalue weighted by Crippen LogP contribution is 2.16. The van der Waals surface area contributed by atoms with E-state index in [2.05, 4.69) is 31.7 Å². The molecule has 0 saturated carbocycles. The molecule has 0 spiro atoms. The lowest BCUT2D eigenvalue weighted by Crippen LogP contribution is -2.45. The van der Waals surface area contributed by atoms with Crippen molar-refractivity contribution in [1.29, 1.82) is 0 Å². The molecular formula is C11H22N2. The van der Waals surface area contributed by atoms with Crippen LogP contribution in [0.25, 0.3) is 0 Å². The minimum Gasteiger partial charge on any atom is -0.329 e. The lowest BCUT2D eigenvalue weighted by Gasteiger charge is -2.35. The highest BCUT2D eigenvalue weighted by Gasteiger charge is 2.20. The van der Waals surface area contributed by atoms with E-state index in [1.807, 2.05) is 0 Å². The van der Waals surface area contributed by atoms with E-state index >= 15 is 0 Å². The summed E-state index contributed by atoms with van der Waals surface area (Å²) >= 11 is 0. The first-order chi connectivity index (χ1) is 6.15. The van der Waals surface area contributed by atoms with Crippen LogP contribution in [-0.4, -0.2) is 30.6 Å². The highest BCUT2D eigenvalue weighted by molar-refractivity contribution is 5.04. The third-order valence-corrected chi connectivity index (χ3v) is 2.95. The molecule has 0 aromatic carbocycles. The fraction of sp³-hybridized carbons (Fsp3) is 0.818. The van der Waals surface area contributed by atoms with Crippen LogP contribution in [0.3, 0.4) is 0 Å². The molecule has 1 atom stereocenters. The molecule has 1 aliphatic rings. The Bertz CT molecular complexity index is 185. The lowest BCUT2D eigenvalue weighted by atomic mass is 10.00. The number of hydrogen-bond donors (Lipinski definition) is 1. The average molecular weight is 182 g/mol. The Hall–Kier alpha value is -0.340. The molecule has 0 aromatic heterocycles. The van der Waals surface area contributed by atoms with Gasteiger partial charge in [0.05, 0.1) is 0 Å². The maximum atomic E-state index is 5.78. The van der Waals surface area contributed by atoms with Crippen molar-refractivity contribution < 1.29 is 0 Å². The summed E-state index contributed by atoms with van der Waals surface area (Å²) < 4.78 is 0. The van der Waals surface area contributed by atoms with Gasteiger partial charge in [-0.25, -0.2) is 0 Å². The molecule has 2 nitrogen and oxygen atoms in total. The van der Waals surface area contributed by atoms with Crippen molar-refractivity contribution in [1.82, 2.24) is 4.90 Å². The van der Waals surface area contributed by atoms with Gasteiger partial charge < -0.3 is 5.73 Å². The largest absolute Gasteiger partial charge is 0.329 e. The Labute approximate surface area is 81.8 Å². The summed E-state index contributed by atoms with van der Waals surface area (Å²) in [5.41, 5.74) is 7.30. The molecule has 76 valence electrons. The topological polar surface area (TPSA) is 29.3 Å². The zero-order valence-corrected chi connectivity index (χ0v) is 9.09. The van der Waals surface area contributed by atoms with Gasteiger partial charge >= 0.3 is 0 Å². The van der Waals surface area contributed by atoms with Crippen LogP contribution in [0.1, 0.15) is 27.2 Å². The van der Waals surface area contributed by atoms with Crippen LogP contribution >= 0.6 is 0 Å². The minimum absolute atomic E-state index is 0.560. The molecule has 13 heavy (non-hydrogen) atoms. The maximum Gasteiger partial charge on any atom is 0.0244 e. The maximum absolute atomic E-state index is 5.78. The monoisotopic (exact) mass is 182 g/mol. The number of rotatable bonds is 3. The third-order valence-electron chi connectivity index (χ3n) is 2.95. The molecule has 0 bridgehead atoms. The zero-order valence-electron chi connectivity index (χ0n) is 9.09. The van der Waals surface area contributed by atoms with Crippen molar-refractivity contribution in [3.05, 3.63) is 11.6 Å². The predicted octanol–water partition coefficient (Wildman–Crippen LogP) is 1.62. The van der Waals surface area contributed by atoms with Crippen molar-refractivity contribution in [2.24, 2.45) is 11.7 Å². The van der Waals surface area contributed by atoms with Crippen LogP contribution in [0.2, 0.25) is 0 Å². The van der Waals surface area contributed by atoms with Gasteiger partial charge in [0.2, 0.25) is 0 Å². The van der Waals surface area contributed by atoms with E-state index in [9.17, 15) is 0 Å². The predicted molar refractivity (Wildman–Crippen MR) is 57.6 cm³/mol. The van der Waals surface area contributed by atoms with Crippen LogP contribution in [0, 0.1) is 5.92 Å². The molecule has 0 fully saturated rings. The third kappa shape index (κ3) is 2.82. The summed E-state index contributed by atoms with van der Waals surface area (Å²) in [6.45, 7) is 9.77. The second-order valence-electron chi connectivity index (χ2n) is 4.34. The first-order valence-electron chi connectivity index (χ1n) is 5.25. The molecule has 2 heteroatoms. The molecule has 0 aliphatic carbocycles. The molecule has 1 aliphatic heterocycles. The van der Waals surface area contributed by atoms with Crippen LogP contribution in [0.5, 0.6) is 0 Å². The van der Waals surface area contributed by atoms with Gasteiger partial charge in [0.15, 0.2) is 0 Å². The molecule has 1 unspecified atom stereocenters. The van der Waals surface area contributed by atoms with Crippen LogP contribution in [0.4, 0.5) is 0 Å². The summed E-state index contributed by atoms with van der Waals surface area (Å²) in [6, 6.07) is 0.560. The van der Waals surface area contributed by atoms with Crippen molar-refractivity contribution in [3.63, 3.8) is 0 Å². The van der Waals surface area contributed by atoms with Gasteiger partial charge in [0.25, 0.3) is 0 Å². The molecule has 0 radical (unpaired) electrons. The average Bonchev–Trinajstić information content (AvgIpc) is 2.09. The van der Waals surface area contributed by atoms with E-state index in [4.69, 9.17) is 5.73 Å². The summed E-state index contributed by atoms with van der Waals surface area (Å²) in [5, 5.41) is 0. The smallest absolute Gasteiger partial charge is 0.0244 e. The first kappa shape index (κ1) is 10.7. The van der Waals surface area contributed by atoms with E-state index in [0.29, 0.717) is 12.0 Å². The molecule has 0 saturated heterocycles. The number of nitrogens with two attached hydrogens (primary N) is 1. The lowest BCUT2D eigenvalue weighted by molar-refractivity contribution is 0.172. The van der Waals surface area contributed by atoms with Gasteiger partial charge in [-0.1, -0.05) is 25.5 Å². The summed E-state index contributed by atoms with van der Waals surface area (Å²) in [4.78, 5) is 2.50. The van der Waals surface area contributed by atoms with E-state index in [1.54, 1.807) is 0 Å². The van der Waals surface area contributed by atoms with Gasteiger partial charge in [0.1, 0.15) is 0 Å². The number of nitrogens with zero attached hydrogens (tertiary/aromatic N) is 1. The van der Waals surface area contributed by atoms with Crippen LogP contribution < -0.4 is 5.73 Å². The van der Waals surface area contributed by atoms with Crippen molar-refractivity contribution in [2.75, 3.05) is 19.6 Å². The van der Waals surface area contributed by atoms with E-state index in [0.717, 1.165) is 13.1 Å². The molecule has 0 amide bonds. The van der Waals surface area contributed by atoms with Crippen LogP contribution in [0.15, 0.2) is 11.6 Å². The summed E-state index contributed by atoms with van der Waals surface area (Å²) in [5.74, 6) is 0.664. The second kappa shape index (κ2) is 4.77. The van der Waals surface area contributed by atoms with Gasteiger partial charge in [-0.3, -0.25) is 4.90 Å². The van der Waals surface area contributed by atoms with E-state index in [-0.39, 0.29) is 0 Å². The Morgan fingerprint density at radius 2 is 2.23 bits per heavy atom. The summed E-state index contributed by atoms with van der Waals surface area (Å²) in [6.07, 6.45) is 3.54. The molecule has 2 N–H and O–H groups in total. The van der Waals surface area contributed by atoms with Crippen molar-refractivity contribution >= 4 is 0 Å². The molecular weight excluding hydrogens is 160 g/mol. The summed E-state index contributed by atoms with van der Waals surface area (Å²) in [7, 11) is 0. The normalized spacial score (nSPS) is 21.8.